The van der Waals surface area contributed by atoms with Gasteiger partial charge in [-0.05, 0) is 17.5 Å². The number of rotatable bonds is 4. The second-order valence-electron chi connectivity index (χ2n) is 5.97. The maximum absolute atomic E-state index is 12.5. The molecular weight excluding hydrogens is 354 g/mol. The van der Waals surface area contributed by atoms with Gasteiger partial charge in [0.2, 0.25) is 5.91 Å². The van der Waals surface area contributed by atoms with Crippen molar-refractivity contribution in [1.82, 2.24) is 14.3 Å². The molecule has 128 valence electrons. The molecule has 0 saturated carbocycles. The highest BCUT2D eigenvalue weighted by molar-refractivity contribution is 7.99. The normalized spacial score (nSPS) is 13.8. The number of hydrogen-bond donors (Lipinski definition) is 0. The summed E-state index contributed by atoms with van der Waals surface area (Å²) >= 11 is 2.95. The van der Waals surface area contributed by atoms with Gasteiger partial charge < -0.3 is 4.90 Å². The smallest absolute Gasteiger partial charge is 0.258 e. The Morgan fingerprint density at radius 3 is 3.00 bits per heavy atom. The van der Waals surface area contributed by atoms with Crippen LogP contribution in [0, 0.1) is 0 Å². The summed E-state index contributed by atoms with van der Waals surface area (Å²) in [4.78, 5) is 31.5. The van der Waals surface area contributed by atoms with Crippen molar-refractivity contribution < 1.29 is 4.79 Å². The number of thioether (sulfide) groups is 1. The van der Waals surface area contributed by atoms with E-state index in [1.165, 1.54) is 38.6 Å². The van der Waals surface area contributed by atoms with E-state index in [-0.39, 0.29) is 11.5 Å². The molecule has 3 aromatic rings. The molecule has 0 aliphatic carbocycles. The minimum Gasteiger partial charge on any atom is -0.337 e. The number of fused-ring (bicyclic) bond motifs is 2. The van der Waals surface area contributed by atoms with Crippen molar-refractivity contribution in [3.8, 4) is 0 Å². The van der Waals surface area contributed by atoms with Gasteiger partial charge in [0, 0.05) is 36.5 Å². The highest BCUT2D eigenvalue weighted by Gasteiger charge is 2.20. The molecule has 1 aromatic carbocycles. The van der Waals surface area contributed by atoms with Crippen LogP contribution in [0.4, 0.5) is 0 Å². The van der Waals surface area contributed by atoms with Crippen molar-refractivity contribution in [3.63, 3.8) is 0 Å². The van der Waals surface area contributed by atoms with Gasteiger partial charge in [0.25, 0.3) is 5.56 Å². The summed E-state index contributed by atoms with van der Waals surface area (Å²) in [6.45, 7) is 1.47. The molecule has 4 rings (SSSR count). The van der Waals surface area contributed by atoms with Crippen molar-refractivity contribution >= 4 is 34.0 Å². The Hall–Kier alpha value is -2.12. The number of thiazole rings is 1. The van der Waals surface area contributed by atoms with Crippen LogP contribution in [-0.4, -0.2) is 32.5 Å². The monoisotopic (exact) mass is 371 g/mol. The highest BCUT2D eigenvalue weighted by atomic mass is 32.2. The van der Waals surface area contributed by atoms with E-state index < -0.39 is 0 Å². The van der Waals surface area contributed by atoms with Crippen molar-refractivity contribution in [2.24, 2.45) is 0 Å². The maximum atomic E-state index is 12.5. The summed E-state index contributed by atoms with van der Waals surface area (Å²) in [6.07, 6.45) is 2.64. The number of nitrogens with zero attached hydrogens (tertiary/aromatic N) is 3. The number of hydrogen-bond acceptors (Lipinski definition) is 5. The number of amides is 1. The van der Waals surface area contributed by atoms with Gasteiger partial charge in [-0.2, -0.15) is 0 Å². The lowest BCUT2D eigenvalue weighted by molar-refractivity contribution is -0.129. The quantitative estimate of drug-likeness (QED) is 0.707. The molecule has 0 spiro atoms. The Kier molecular flexibility index (Phi) is 4.59. The van der Waals surface area contributed by atoms with E-state index in [4.69, 9.17) is 0 Å². The van der Waals surface area contributed by atoms with E-state index in [1.54, 1.807) is 12.3 Å². The predicted molar refractivity (Wildman–Crippen MR) is 101 cm³/mol. The number of carbonyl (C=O) groups is 1. The van der Waals surface area contributed by atoms with Crippen molar-refractivity contribution in [2.75, 3.05) is 12.3 Å². The summed E-state index contributed by atoms with van der Waals surface area (Å²) in [5, 5.41) is 1.85. The van der Waals surface area contributed by atoms with Crippen LogP contribution in [-0.2, 0) is 23.5 Å². The van der Waals surface area contributed by atoms with Crippen LogP contribution in [0.25, 0.3) is 4.96 Å². The molecular formula is C18H17N3O2S2. The predicted octanol–water partition coefficient (Wildman–Crippen LogP) is 2.57. The Labute approximate surface area is 153 Å². The zero-order valence-electron chi connectivity index (χ0n) is 13.6. The summed E-state index contributed by atoms with van der Waals surface area (Å²) in [7, 11) is 0. The Morgan fingerprint density at radius 2 is 2.12 bits per heavy atom. The molecule has 2 aromatic heterocycles. The van der Waals surface area contributed by atoms with E-state index >= 15 is 0 Å². The zero-order valence-corrected chi connectivity index (χ0v) is 15.2. The first-order chi connectivity index (χ1) is 12.2. The van der Waals surface area contributed by atoms with Gasteiger partial charge in [0.05, 0.1) is 11.4 Å². The lowest BCUT2D eigenvalue weighted by atomic mass is 10.00. The Morgan fingerprint density at radius 1 is 1.28 bits per heavy atom. The zero-order chi connectivity index (χ0) is 17.2. The van der Waals surface area contributed by atoms with Crippen LogP contribution >= 0.6 is 23.1 Å². The van der Waals surface area contributed by atoms with Gasteiger partial charge in [0.1, 0.15) is 0 Å². The fraction of sp³-hybridized carbons (Fsp3) is 0.278. The fourth-order valence-corrected chi connectivity index (χ4v) is 4.56. The third kappa shape index (κ3) is 3.48. The van der Waals surface area contributed by atoms with Crippen LogP contribution in [0.15, 0.2) is 46.7 Å². The van der Waals surface area contributed by atoms with E-state index in [1.807, 2.05) is 22.4 Å². The second-order valence-corrected chi connectivity index (χ2v) is 7.83. The van der Waals surface area contributed by atoms with Gasteiger partial charge in [-0.15, -0.1) is 23.1 Å². The number of benzene rings is 1. The molecule has 0 fully saturated rings. The minimum absolute atomic E-state index is 0.0687. The van der Waals surface area contributed by atoms with Crippen LogP contribution in [0.2, 0.25) is 0 Å². The summed E-state index contributed by atoms with van der Waals surface area (Å²) in [5.74, 6) is 1.13. The molecule has 1 aliphatic heterocycles. The van der Waals surface area contributed by atoms with E-state index in [0.717, 1.165) is 18.7 Å². The average molecular weight is 371 g/mol. The first-order valence-electron chi connectivity index (χ1n) is 8.09. The van der Waals surface area contributed by atoms with Gasteiger partial charge in [-0.1, -0.05) is 24.3 Å². The Balaban J connectivity index is 1.35. The molecule has 1 amide bonds. The first kappa shape index (κ1) is 16.4. The topological polar surface area (TPSA) is 54.7 Å². The first-order valence-corrected chi connectivity index (χ1v) is 10.1. The lowest BCUT2D eigenvalue weighted by Crippen LogP contribution is -2.37. The van der Waals surface area contributed by atoms with Gasteiger partial charge in [-0.25, -0.2) is 4.98 Å². The van der Waals surface area contributed by atoms with Gasteiger partial charge >= 0.3 is 0 Å². The van der Waals surface area contributed by atoms with E-state index in [0.29, 0.717) is 23.0 Å². The standard InChI is InChI=1S/C18H17N3O2S2/c22-16-9-15(19-18-21(16)7-8-25-18)11-24-12-17(23)20-6-5-13-3-1-2-4-14(13)10-20/h1-4,7-9H,5-6,10-12H2. The van der Waals surface area contributed by atoms with E-state index in [2.05, 4.69) is 17.1 Å². The van der Waals surface area contributed by atoms with Crippen LogP contribution in [0.5, 0.6) is 0 Å². The maximum Gasteiger partial charge on any atom is 0.258 e. The molecule has 0 saturated heterocycles. The van der Waals surface area contributed by atoms with Crippen molar-refractivity contribution in [1.29, 1.82) is 0 Å². The molecule has 3 heterocycles. The third-order valence-corrected chi connectivity index (χ3v) is 6.02. The average Bonchev–Trinajstić information content (AvgIpc) is 3.10. The molecule has 5 nitrogen and oxygen atoms in total. The second kappa shape index (κ2) is 7.01. The summed E-state index contributed by atoms with van der Waals surface area (Å²) in [6, 6.07) is 9.85. The molecule has 0 N–H and O–H groups in total. The minimum atomic E-state index is -0.0687. The van der Waals surface area contributed by atoms with E-state index in [9.17, 15) is 9.59 Å². The van der Waals surface area contributed by atoms with Gasteiger partial charge in [0.15, 0.2) is 4.96 Å². The SMILES string of the molecule is O=C(CSCc1cc(=O)n2ccsc2n1)N1CCc2ccccc2C1. The fourth-order valence-electron chi connectivity index (χ4n) is 3.00. The summed E-state index contributed by atoms with van der Waals surface area (Å²) in [5.41, 5.74) is 3.24. The van der Waals surface area contributed by atoms with Crippen LogP contribution in [0.3, 0.4) is 0 Å². The highest BCUT2D eigenvalue weighted by Crippen LogP contribution is 2.20. The molecule has 25 heavy (non-hydrogen) atoms. The lowest BCUT2D eigenvalue weighted by Gasteiger charge is -2.28. The molecule has 0 radical (unpaired) electrons. The molecule has 0 unspecified atom stereocenters. The van der Waals surface area contributed by atoms with Crippen LogP contribution in [0.1, 0.15) is 16.8 Å². The molecule has 7 heteroatoms. The third-order valence-electron chi connectivity index (χ3n) is 4.32. The molecule has 1 aliphatic rings. The summed E-state index contributed by atoms with van der Waals surface area (Å²) < 4.78 is 1.54. The number of aromatic nitrogens is 2. The number of carbonyl (C=O) groups excluding carboxylic acids is 1. The largest absolute Gasteiger partial charge is 0.337 e. The van der Waals surface area contributed by atoms with Crippen molar-refractivity contribution in [3.05, 3.63) is 69.1 Å². The van der Waals surface area contributed by atoms with Crippen LogP contribution < -0.4 is 5.56 Å². The van der Waals surface area contributed by atoms with Crippen molar-refractivity contribution in [2.45, 2.75) is 18.7 Å². The Bertz CT molecular complexity index is 980. The van der Waals surface area contributed by atoms with Gasteiger partial charge in [-0.3, -0.25) is 14.0 Å². The molecule has 0 bridgehead atoms. The molecule has 0 atom stereocenters.